The first-order chi connectivity index (χ1) is 9.25. The Kier molecular flexibility index (Phi) is 5.67. The average molecular weight is 281 g/mol. The summed E-state index contributed by atoms with van der Waals surface area (Å²) in [4.78, 5) is 11.8. The summed E-state index contributed by atoms with van der Waals surface area (Å²) in [6.07, 6.45) is 6.01. The van der Waals surface area contributed by atoms with Crippen LogP contribution in [0, 0.1) is 0 Å². The lowest BCUT2D eigenvalue weighted by atomic mass is 9.95. The fourth-order valence-electron chi connectivity index (χ4n) is 2.48. The zero-order valence-electron chi connectivity index (χ0n) is 11.1. The van der Waals surface area contributed by atoms with Crippen LogP contribution >= 0.6 is 11.6 Å². The smallest absolute Gasteiger partial charge is 0.234 e. The van der Waals surface area contributed by atoms with Gasteiger partial charge in [-0.2, -0.15) is 0 Å². The van der Waals surface area contributed by atoms with Crippen molar-refractivity contribution >= 4 is 17.5 Å². The summed E-state index contributed by atoms with van der Waals surface area (Å²) in [6.45, 7) is 0.972. The van der Waals surface area contributed by atoms with Gasteiger partial charge in [0.15, 0.2) is 0 Å². The summed E-state index contributed by atoms with van der Waals surface area (Å²) < 4.78 is 0. The highest BCUT2D eigenvalue weighted by Gasteiger charge is 2.15. The second-order valence-electron chi connectivity index (χ2n) is 5.10. The van der Waals surface area contributed by atoms with Crippen LogP contribution < -0.4 is 10.6 Å². The predicted octanol–water partition coefficient (Wildman–Crippen LogP) is 2.88. The molecule has 0 aromatic heterocycles. The third kappa shape index (κ3) is 4.84. The molecule has 1 aromatic carbocycles. The summed E-state index contributed by atoms with van der Waals surface area (Å²) in [5.74, 6) is 0.0824. The molecule has 0 radical (unpaired) electrons. The normalized spacial score (nSPS) is 16.3. The topological polar surface area (TPSA) is 41.1 Å². The number of hydrogen-bond donors (Lipinski definition) is 2. The van der Waals surface area contributed by atoms with Crippen molar-refractivity contribution in [3.8, 4) is 0 Å². The van der Waals surface area contributed by atoms with Crippen LogP contribution in [0.15, 0.2) is 24.3 Å². The van der Waals surface area contributed by atoms with Crippen LogP contribution in [0.4, 0.5) is 0 Å². The summed E-state index contributed by atoms with van der Waals surface area (Å²) in [5.41, 5.74) is 1.02. The molecule has 1 aliphatic rings. The molecular formula is C15H21ClN2O. The molecule has 104 valence electrons. The van der Waals surface area contributed by atoms with Gasteiger partial charge >= 0.3 is 0 Å². The van der Waals surface area contributed by atoms with Crippen LogP contribution in [0.1, 0.15) is 37.7 Å². The Morgan fingerprint density at radius 3 is 2.68 bits per heavy atom. The van der Waals surface area contributed by atoms with Crippen LogP contribution in [-0.2, 0) is 11.3 Å². The van der Waals surface area contributed by atoms with E-state index in [0.29, 0.717) is 19.1 Å². The molecule has 0 bridgehead atoms. The van der Waals surface area contributed by atoms with Gasteiger partial charge in [0.1, 0.15) is 0 Å². The molecule has 0 heterocycles. The van der Waals surface area contributed by atoms with Gasteiger partial charge in [-0.1, -0.05) is 49.1 Å². The molecule has 0 spiro atoms. The lowest BCUT2D eigenvalue weighted by Crippen LogP contribution is -2.41. The van der Waals surface area contributed by atoms with Crippen molar-refractivity contribution in [2.75, 3.05) is 6.54 Å². The van der Waals surface area contributed by atoms with E-state index in [1.807, 2.05) is 24.3 Å². The SMILES string of the molecule is O=C(CNCc1ccccc1Cl)NC1CCCCC1. The van der Waals surface area contributed by atoms with Crippen molar-refractivity contribution in [1.29, 1.82) is 0 Å². The number of nitrogens with one attached hydrogen (secondary N) is 2. The van der Waals surface area contributed by atoms with Gasteiger partial charge < -0.3 is 10.6 Å². The van der Waals surface area contributed by atoms with E-state index in [0.717, 1.165) is 23.4 Å². The van der Waals surface area contributed by atoms with Crippen molar-refractivity contribution < 1.29 is 4.79 Å². The second-order valence-corrected chi connectivity index (χ2v) is 5.50. The first-order valence-electron chi connectivity index (χ1n) is 6.99. The van der Waals surface area contributed by atoms with E-state index >= 15 is 0 Å². The zero-order valence-corrected chi connectivity index (χ0v) is 11.9. The predicted molar refractivity (Wildman–Crippen MR) is 78.2 cm³/mol. The molecule has 0 atom stereocenters. The van der Waals surface area contributed by atoms with Crippen LogP contribution in [0.3, 0.4) is 0 Å². The van der Waals surface area contributed by atoms with Crippen molar-refractivity contribution in [3.63, 3.8) is 0 Å². The Hall–Kier alpha value is -1.06. The van der Waals surface area contributed by atoms with Gasteiger partial charge in [0, 0.05) is 17.6 Å². The Morgan fingerprint density at radius 2 is 1.95 bits per heavy atom. The number of benzene rings is 1. The lowest BCUT2D eigenvalue weighted by molar-refractivity contribution is -0.121. The Balaban J connectivity index is 1.67. The Bertz CT molecular complexity index is 416. The van der Waals surface area contributed by atoms with E-state index < -0.39 is 0 Å². The molecule has 1 aliphatic carbocycles. The van der Waals surface area contributed by atoms with Gasteiger partial charge in [-0.15, -0.1) is 0 Å². The molecule has 1 saturated carbocycles. The maximum Gasteiger partial charge on any atom is 0.234 e. The average Bonchev–Trinajstić information content (AvgIpc) is 2.42. The van der Waals surface area contributed by atoms with Gasteiger partial charge in [-0.3, -0.25) is 4.79 Å². The quantitative estimate of drug-likeness (QED) is 0.871. The van der Waals surface area contributed by atoms with E-state index in [1.54, 1.807) is 0 Å². The monoisotopic (exact) mass is 280 g/mol. The minimum Gasteiger partial charge on any atom is -0.352 e. The van der Waals surface area contributed by atoms with E-state index in [4.69, 9.17) is 11.6 Å². The molecule has 0 saturated heterocycles. The first kappa shape index (κ1) is 14.4. The molecule has 1 fully saturated rings. The van der Waals surface area contributed by atoms with Gasteiger partial charge in [-0.25, -0.2) is 0 Å². The Labute approximate surface area is 119 Å². The van der Waals surface area contributed by atoms with Crippen molar-refractivity contribution in [2.45, 2.75) is 44.7 Å². The van der Waals surface area contributed by atoms with E-state index in [9.17, 15) is 4.79 Å². The number of carbonyl (C=O) groups excluding carboxylic acids is 1. The zero-order chi connectivity index (χ0) is 13.5. The van der Waals surface area contributed by atoms with Crippen LogP contribution in [0.2, 0.25) is 5.02 Å². The van der Waals surface area contributed by atoms with Crippen molar-refractivity contribution in [1.82, 2.24) is 10.6 Å². The van der Waals surface area contributed by atoms with E-state index in [2.05, 4.69) is 10.6 Å². The van der Waals surface area contributed by atoms with Crippen LogP contribution in [-0.4, -0.2) is 18.5 Å². The molecule has 0 unspecified atom stereocenters. The first-order valence-corrected chi connectivity index (χ1v) is 7.37. The summed E-state index contributed by atoms with van der Waals surface area (Å²) in [6, 6.07) is 8.06. The number of halogens is 1. The minimum absolute atomic E-state index is 0.0824. The highest BCUT2D eigenvalue weighted by Crippen LogP contribution is 2.17. The fraction of sp³-hybridized carbons (Fsp3) is 0.533. The molecule has 0 aliphatic heterocycles. The molecule has 19 heavy (non-hydrogen) atoms. The lowest BCUT2D eigenvalue weighted by Gasteiger charge is -2.22. The largest absolute Gasteiger partial charge is 0.352 e. The van der Waals surface area contributed by atoms with E-state index in [-0.39, 0.29) is 5.91 Å². The molecule has 1 amide bonds. The number of hydrogen-bond acceptors (Lipinski definition) is 2. The third-order valence-electron chi connectivity index (χ3n) is 3.53. The van der Waals surface area contributed by atoms with E-state index in [1.165, 1.54) is 19.3 Å². The van der Waals surface area contributed by atoms with Gasteiger partial charge in [0.05, 0.1) is 6.54 Å². The Morgan fingerprint density at radius 1 is 1.21 bits per heavy atom. The van der Waals surface area contributed by atoms with Crippen LogP contribution in [0.25, 0.3) is 0 Å². The molecule has 2 rings (SSSR count). The van der Waals surface area contributed by atoms with Gasteiger partial charge in [0.2, 0.25) is 5.91 Å². The van der Waals surface area contributed by atoms with Crippen molar-refractivity contribution in [2.24, 2.45) is 0 Å². The fourth-order valence-corrected chi connectivity index (χ4v) is 2.68. The van der Waals surface area contributed by atoms with Gasteiger partial charge in [0.25, 0.3) is 0 Å². The number of carbonyl (C=O) groups is 1. The van der Waals surface area contributed by atoms with Gasteiger partial charge in [-0.05, 0) is 24.5 Å². The second kappa shape index (κ2) is 7.51. The summed E-state index contributed by atoms with van der Waals surface area (Å²) in [7, 11) is 0. The molecular weight excluding hydrogens is 260 g/mol. The number of rotatable bonds is 5. The summed E-state index contributed by atoms with van der Waals surface area (Å²) >= 11 is 6.05. The standard InChI is InChI=1S/C15H21ClN2O/c16-14-9-5-4-6-12(14)10-17-11-15(19)18-13-7-2-1-3-8-13/h4-6,9,13,17H,1-3,7-8,10-11H2,(H,18,19). The highest BCUT2D eigenvalue weighted by molar-refractivity contribution is 6.31. The highest BCUT2D eigenvalue weighted by atomic mass is 35.5. The molecule has 3 nitrogen and oxygen atoms in total. The van der Waals surface area contributed by atoms with Crippen molar-refractivity contribution in [3.05, 3.63) is 34.9 Å². The maximum absolute atomic E-state index is 11.8. The minimum atomic E-state index is 0.0824. The third-order valence-corrected chi connectivity index (χ3v) is 3.90. The molecule has 1 aromatic rings. The number of amides is 1. The van der Waals surface area contributed by atoms with Crippen LogP contribution in [0.5, 0.6) is 0 Å². The molecule has 4 heteroatoms. The maximum atomic E-state index is 11.8. The molecule has 2 N–H and O–H groups in total. The summed E-state index contributed by atoms with van der Waals surface area (Å²) in [5, 5.41) is 6.96.